The van der Waals surface area contributed by atoms with E-state index in [0.29, 0.717) is 29.1 Å². The van der Waals surface area contributed by atoms with Crippen molar-refractivity contribution in [3.8, 4) is 0 Å². The lowest BCUT2D eigenvalue weighted by atomic mass is 9.73. The number of benzene rings is 2. The summed E-state index contributed by atoms with van der Waals surface area (Å²) < 4.78 is 0. The van der Waals surface area contributed by atoms with Gasteiger partial charge in [-0.3, -0.25) is 9.59 Å². The molecule has 1 unspecified atom stereocenters. The zero-order valence-electron chi connectivity index (χ0n) is 21.0. The van der Waals surface area contributed by atoms with Gasteiger partial charge in [0.05, 0.1) is 8.07 Å². The van der Waals surface area contributed by atoms with Crippen LogP contribution in [0, 0.1) is 5.92 Å². The van der Waals surface area contributed by atoms with Crippen molar-refractivity contribution < 1.29 is 9.59 Å². The molecule has 5 rings (SSSR count). The first-order valence-corrected chi connectivity index (χ1v) is 16.6. The topological polar surface area (TPSA) is 49.4 Å². The van der Waals surface area contributed by atoms with Crippen LogP contribution in [0.4, 0.5) is 0 Å². The minimum absolute atomic E-state index is 0.0181. The second-order valence-corrected chi connectivity index (χ2v) is 17.3. The molecule has 2 amide bonds. The normalized spacial score (nSPS) is 31.6. The number of nitrogens with zero attached hydrogens (tertiary/aromatic N) is 1. The molecule has 1 aliphatic heterocycles. The molecule has 1 heterocycles. The smallest absolute Gasteiger partial charge is 0.252 e. The van der Waals surface area contributed by atoms with E-state index in [1.807, 2.05) is 43.3 Å². The van der Waals surface area contributed by atoms with E-state index >= 15 is 0 Å². The van der Waals surface area contributed by atoms with E-state index in [9.17, 15) is 9.59 Å². The number of hydrogen-bond acceptors (Lipinski definition) is 2. The van der Waals surface area contributed by atoms with Gasteiger partial charge >= 0.3 is 0 Å². The van der Waals surface area contributed by atoms with Crippen LogP contribution < -0.4 is 5.32 Å². The van der Waals surface area contributed by atoms with Gasteiger partial charge in [-0.05, 0) is 48.9 Å². The number of carbonyl (C=O) groups excluding carboxylic acids is 2. The summed E-state index contributed by atoms with van der Waals surface area (Å²) in [6.07, 6.45) is 5.83. The van der Waals surface area contributed by atoms with Gasteiger partial charge in [-0.25, -0.2) is 0 Å². The lowest BCUT2D eigenvalue weighted by Gasteiger charge is -2.48. The van der Waals surface area contributed by atoms with Crippen LogP contribution in [0.3, 0.4) is 0 Å². The summed E-state index contributed by atoms with van der Waals surface area (Å²) >= 11 is 0. The van der Waals surface area contributed by atoms with Gasteiger partial charge in [0.2, 0.25) is 5.91 Å². The summed E-state index contributed by atoms with van der Waals surface area (Å²) in [5.74, 6) is 0.342. The van der Waals surface area contributed by atoms with Crippen molar-refractivity contribution in [2.24, 2.45) is 5.92 Å². The molecule has 2 aromatic rings. The summed E-state index contributed by atoms with van der Waals surface area (Å²) in [5, 5.41) is 3.29. The number of hydrogen-bond donors (Lipinski definition) is 1. The van der Waals surface area contributed by atoms with E-state index < -0.39 is 13.6 Å². The number of amides is 2. The molecule has 34 heavy (non-hydrogen) atoms. The molecule has 0 radical (unpaired) electrons. The zero-order valence-corrected chi connectivity index (χ0v) is 22.0. The van der Waals surface area contributed by atoms with Crippen LogP contribution in [-0.4, -0.2) is 42.4 Å². The Bertz CT molecular complexity index is 1040. The van der Waals surface area contributed by atoms with E-state index in [1.165, 1.54) is 24.8 Å². The number of fused-ring (bicyclic) bond motifs is 1. The van der Waals surface area contributed by atoms with E-state index in [1.54, 1.807) is 0 Å². The number of carbonyl (C=O) groups is 2. The number of rotatable bonds is 5. The van der Waals surface area contributed by atoms with Crippen molar-refractivity contribution >= 4 is 19.9 Å². The molecular formula is C29H38N2O2Si. The van der Waals surface area contributed by atoms with Crippen LogP contribution >= 0.6 is 0 Å². The van der Waals surface area contributed by atoms with Gasteiger partial charge in [-0.2, -0.15) is 0 Å². The second kappa shape index (κ2) is 8.67. The average molecular weight is 475 g/mol. The summed E-state index contributed by atoms with van der Waals surface area (Å²) in [7, 11) is -1.53. The first-order chi connectivity index (χ1) is 16.2. The lowest BCUT2D eigenvalue weighted by molar-refractivity contribution is -0.146. The predicted molar refractivity (Wildman–Crippen MR) is 140 cm³/mol. The molecular weight excluding hydrogens is 436 g/mol. The number of piperidine rings is 1. The largest absolute Gasteiger partial charge is 0.337 e. The van der Waals surface area contributed by atoms with Crippen molar-refractivity contribution in [2.75, 3.05) is 0 Å². The highest BCUT2D eigenvalue weighted by molar-refractivity contribution is 6.78. The second-order valence-electron chi connectivity index (χ2n) is 11.9. The minimum atomic E-state index is -1.53. The molecule has 0 spiro atoms. The monoisotopic (exact) mass is 474 g/mol. The Hall–Kier alpha value is -2.40. The van der Waals surface area contributed by atoms with Crippen LogP contribution in [0.2, 0.25) is 25.2 Å². The molecule has 1 saturated heterocycles. The highest BCUT2D eigenvalue weighted by Gasteiger charge is 2.72. The quantitative estimate of drug-likeness (QED) is 0.554. The van der Waals surface area contributed by atoms with Gasteiger partial charge in [0.1, 0.15) is 5.54 Å². The standard InChI is InChI=1S/C29H38N2O2Si/c1-29(30-27(32)21-16-10-6-11-17-21)24(20-14-8-5-9-15-20)23-25(26(23)34(2,3)4)31(28(29)33)22-18-12-7-13-19-22/h5-6,8-11,14-17,22-26H,7,12-13,18-19H2,1-4H3,(H,30,32)/t23-,24+,25+,26?,29-/m1/s1. The highest BCUT2D eigenvalue weighted by Crippen LogP contribution is 2.67. The van der Waals surface area contributed by atoms with Gasteiger partial charge in [0, 0.05) is 23.6 Å². The number of nitrogens with one attached hydrogen (secondary N) is 1. The minimum Gasteiger partial charge on any atom is -0.337 e. The van der Waals surface area contributed by atoms with Crippen molar-refractivity contribution in [3.05, 3.63) is 71.8 Å². The fourth-order valence-corrected chi connectivity index (χ4v) is 9.95. The summed E-state index contributed by atoms with van der Waals surface area (Å²) in [6, 6.07) is 20.4. The molecule has 5 heteroatoms. The Labute approximate surface area is 205 Å². The third kappa shape index (κ3) is 3.92. The SMILES string of the molecule is C[C@]1(NC(=O)c2ccccc2)C(=O)N(C2CCCCC2)[C@@H]2C([Si](C)(C)C)[C@@H]2[C@@H]1c1ccccc1. The van der Waals surface area contributed by atoms with Gasteiger partial charge < -0.3 is 10.2 Å². The van der Waals surface area contributed by atoms with Gasteiger partial charge in [-0.15, -0.1) is 0 Å². The van der Waals surface area contributed by atoms with Crippen molar-refractivity contribution in [2.45, 2.75) is 87.8 Å². The molecule has 0 bridgehead atoms. The Balaban J connectivity index is 1.60. The van der Waals surface area contributed by atoms with Gasteiger partial charge in [-0.1, -0.05) is 87.4 Å². The van der Waals surface area contributed by atoms with Crippen LogP contribution in [0.1, 0.15) is 60.9 Å². The van der Waals surface area contributed by atoms with Crippen molar-refractivity contribution in [1.29, 1.82) is 0 Å². The van der Waals surface area contributed by atoms with E-state index in [-0.39, 0.29) is 17.7 Å². The molecule has 4 nitrogen and oxygen atoms in total. The summed E-state index contributed by atoms with van der Waals surface area (Å²) in [4.78, 5) is 30.3. The lowest BCUT2D eigenvalue weighted by Crippen LogP contribution is -2.66. The molecule has 2 aliphatic carbocycles. The summed E-state index contributed by atoms with van der Waals surface area (Å²) in [5.41, 5.74) is 1.36. The summed E-state index contributed by atoms with van der Waals surface area (Å²) in [6.45, 7) is 9.34. The fourth-order valence-electron chi connectivity index (χ4n) is 7.10. The molecule has 180 valence electrons. The molecule has 3 fully saturated rings. The maximum atomic E-state index is 14.5. The van der Waals surface area contributed by atoms with E-state index in [4.69, 9.17) is 0 Å². The molecule has 2 aromatic carbocycles. The first kappa shape index (κ1) is 23.3. The third-order valence-corrected chi connectivity index (χ3v) is 11.3. The highest BCUT2D eigenvalue weighted by atomic mass is 28.3. The maximum Gasteiger partial charge on any atom is 0.252 e. The zero-order chi connectivity index (χ0) is 24.1. The first-order valence-electron chi connectivity index (χ1n) is 13.0. The van der Waals surface area contributed by atoms with Gasteiger partial charge in [0.25, 0.3) is 5.91 Å². The Kier molecular flexibility index (Phi) is 5.95. The predicted octanol–water partition coefficient (Wildman–Crippen LogP) is 5.84. The van der Waals surface area contributed by atoms with E-state index in [0.717, 1.165) is 12.8 Å². The van der Waals surface area contributed by atoms with Crippen LogP contribution in [0.5, 0.6) is 0 Å². The molecule has 0 aromatic heterocycles. The molecule has 2 saturated carbocycles. The Morgan fingerprint density at radius 1 is 0.941 bits per heavy atom. The molecule has 3 aliphatic rings. The average Bonchev–Trinajstić information content (AvgIpc) is 3.56. The van der Waals surface area contributed by atoms with Crippen LogP contribution in [0.15, 0.2) is 60.7 Å². The Morgan fingerprint density at radius 3 is 2.12 bits per heavy atom. The van der Waals surface area contributed by atoms with Crippen molar-refractivity contribution in [1.82, 2.24) is 10.2 Å². The van der Waals surface area contributed by atoms with Gasteiger partial charge in [0.15, 0.2) is 0 Å². The molecule has 1 N–H and O–H groups in total. The van der Waals surface area contributed by atoms with Crippen LogP contribution in [0.25, 0.3) is 0 Å². The Morgan fingerprint density at radius 2 is 1.53 bits per heavy atom. The third-order valence-electron chi connectivity index (χ3n) is 8.58. The maximum absolute atomic E-state index is 14.5. The van der Waals surface area contributed by atoms with E-state index in [2.05, 4.69) is 54.1 Å². The number of likely N-dealkylation sites (tertiary alicyclic amines) is 1. The molecule has 5 atom stereocenters. The van der Waals surface area contributed by atoms with Crippen molar-refractivity contribution in [3.63, 3.8) is 0 Å². The van der Waals surface area contributed by atoms with Crippen LogP contribution in [-0.2, 0) is 4.79 Å². The fraction of sp³-hybridized carbons (Fsp3) is 0.517.